The molecular formula is C10H15F6NO2. The van der Waals surface area contributed by atoms with E-state index in [0.29, 0.717) is 6.42 Å². The molecule has 0 saturated carbocycles. The molecule has 0 bridgehead atoms. The van der Waals surface area contributed by atoms with Crippen LogP contribution in [0.2, 0.25) is 0 Å². The lowest BCUT2D eigenvalue weighted by molar-refractivity contribution is -0.306. The van der Waals surface area contributed by atoms with E-state index < -0.39 is 24.5 Å². The van der Waals surface area contributed by atoms with Gasteiger partial charge >= 0.3 is 18.4 Å². The SMILES string of the molecule is CCCCCCNC(=O)OC(C(F)(F)F)C(F)(F)F. The van der Waals surface area contributed by atoms with Crippen LogP contribution in [0.3, 0.4) is 0 Å². The summed E-state index contributed by atoms with van der Waals surface area (Å²) in [6, 6.07) is 0. The normalized spacial score (nSPS) is 12.6. The molecule has 0 aliphatic heterocycles. The fraction of sp³-hybridized carbons (Fsp3) is 0.900. The Kier molecular flexibility index (Phi) is 6.99. The molecule has 0 unspecified atom stereocenters. The fourth-order valence-electron chi connectivity index (χ4n) is 1.21. The standard InChI is InChI=1S/C10H15F6NO2/c1-2-3-4-5-6-17-8(18)19-7(9(11,12)13)10(14,15)16/h7H,2-6H2,1H3,(H,17,18). The van der Waals surface area contributed by atoms with Crippen molar-refractivity contribution in [3.05, 3.63) is 0 Å². The van der Waals surface area contributed by atoms with Crippen LogP contribution in [0.1, 0.15) is 32.6 Å². The van der Waals surface area contributed by atoms with Crippen LogP contribution in [-0.2, 0) is 4.74 Å². The van der Waals surface area contributed by atoms with E-state index >= 15 is 0 Å². The summed E-state index contributed by atoms with van der Waals surface area (Å²) in [5.41, 5.74) is 0. The first-order valence-corrected chi connectivity index (χ1v) is 5.67. The largest absolute Gasteiger partial charge is 0.434 e. The average molecular weight is 295 g/mol. The summed E-state index contributed by atoms with van der Waals surface area (Å²) >= 11 is 0. The molecule has 0 fully saturated rings. The number of halogens is 6. The highest BCUT2D eigenvalue weighted by atomic mass is 19.4. The Labute approximate surface area is 106 Å². The Morgan fingerprint density at radius 3 is 2.00 bits per heavy atom. The van der Waals surface area contributed by atoms with Gasteiger partial charge in [0.2, 0.25) is 0 Å². The Morgan fingerprint density at radius 2 is 1.58 bits per heavy atom. The van der Waals surface area contributed by atoms with E-state index in [2.05, 4.69) is 4.74 Å². The van der Waals surface area contributed by atoms with E-state index in [1.807, 2.05) is 12.2 Å². The van der Waals surface area contributed by atoms with Gasteiger partial charge in [0.1, 0.15) is 0 Å². The molecule has 0 aliphatic carbocycles. The number of amides is 1. The van der Waals surface area contributed by atoms with E-state index in [4.69, 9.17) is 0 Å². The molecule has 1 amide bonds. The number of ether oxygens (including phenoxy) is 1. The maximum absolute atomic E-state index is 12.0. The van der Waals surface area contributed by atoms with Crippen LogP contribution in [0, 0.1) is 0 Å². The maximum atomic E-state index is 12.0. The van der Waals surface area contributed by atoms with Crippen molar-refractivity contribution in [2.45, 2.75) is 51.1 Å². The topological polar surface area (TPSA) is 38.3 Å². The summed E-state index contributed by atoms with van der Waals surface area (Å²) in [6.07, 6.45) is -14.2. The zero-order valence-corrected chi connectivity index (χ0v) is 10.2. The molecular weight excluding hydrogens is 280 g/mol. The van der Waals surface area contributed by atoms with Crippen LogP contribution in [-0.4, -0.2) is 31.1 Å². The summed E-state index contributed by atoms with van der Waals surface area (Å²) in [5, 5.41) is 1.86. The van der Waals surface area contributed by atoms with Gasteiger partial charge in [-0.25, -0.2) is 4.79 Å². The van der Waals surface area contributed by atoms with Crippen molar-refractivity contribution >= 4 is 6.09 Å². The lowest BCUT2D eigenvalue weighted by atomic mass is 10.2. The predicted molar refractivity (Wildman–Crippen MR) is 54.5 cm³/mol. The van der Waals surface area contributed by atoms with Gasteiger partial charge in [-0.3, -0.25) is 0 Å². The summed E-state index contributed by atoms with van der Waals surface area (Å²) in [5.74, 6) is 0. The van der Waals surface area contributed by atoms with Crippen LogP contribution in [0.5, 0.6) is 0 Å². The van der Waals surface area contributed by atoms with Crippen LogP contribution in [0.15, 0.2) is 0 Å². The predicted octanol–water partition coefficient (Wildman–Crippen LogP) is 3.79. The molecule has 3 nitrogen and oxygen atoms in total. The third kappa shape index (κ3) is 7.78. The maximum Gasteiger partial charge on any atom is 0.434 e. The molecule has 0 saturated heterocycles. The number of alkyl halides is 6. The molecule has 0 rings (SSSR count). The molecule has 0 atom stereocenters. The number of carbonyl (C=O) groups is 1. The average Bonchev–Trinajstić information content (AvgIpc) is 2.22. The second-order valence-electron chi connectivity index (χ2n) is 3.86. The van der Waals surface area contributed by atoms with Crippen LogP contribution in [0.4, 0.5) is 31.1 Å². The van der Waals surface area contributed by atoms with Crippen molar-refractivity contribution < 1.29 is 35.9 Å². The van der Waals surface area contributed by atoms with Gasteiger partial charge in [0.05, 0.1) is 0 Å². The Balaban J connectivity index is 4.20. The molecule has 19 heavy (non-hydrogen) atoms. The number of alkyl carbamates (subject to hydrolysis) is 1. The van der Waals surface area contributed by atoms with Gasteiger partial charge in [-0.05, 0) is 6.42 Å². The minimum absolute atomic E-state index is 0.0265. The van der Waals surface area contributed by atoms with Gasteiger partial charge < -0.3 is 10.1 Å². The van der Waals surface area contributed by atoms with E-state index in [0.717, 1.165) is 19.3 Å². The van der Waals surface area contributed by atoms with E-state index in [1.165, 1.54) is 0 Å². The zero-order valence-electron chi connectivity index (χ0n) is 10.2. The second kappa shape index (κ2) is 7.44. The van der Waals surface area contributed by atoms with Crippen LogP contribution in [0.25, 0.3) is 0 Å². The lowest BCUT2D eigenvalue weighted by Crippen LogP contribution is -2.47. The quantitative estimate of drug-likeness (QED) is 0.598. The van der Waals surface area contributed by atoms with Crippen molar-refractivity contribution in [2.24, 2.45) is 0 Å². The number of carbonyl (C=O) groups excluding carboxylic acids is 1. The van der Waals surface area contributed by atoms with Crippen LogP contribution >= 0.6 is 0 Å². The second-order valence-corrected chi connectivity index (χ2v) is 3.86. The Hall–Kier alpha value is -1.15. The minimum atomic E-state index is -5.68. The van der Waals surface area contributed by atoms with Gasteiger partial charge in [0.15, 0.2) is 0 Å². The highest BCUT2D eigenvalue weighted by molar-refractivity contribution is 5.67. The number of hydrogen-bond acceptors (Lipinski definition) is 2. The summed E-state index contributed by atoms with van der Waals surface area (Å²) in [7, 11) is 0. The Morgan fingerprint density at radius 1 is 1.05 bits per heavy atom. The van der Waals surface area contributed by atoms with E-state index in [-0.39, 0.29) is 6.54 Å². The first-order chi connectivity index (χ1) is 8.59. The highest BCUT2D eigenvalue weighted by Crippen LogP contribution is 2.35. The van der Waals surface area contributed by atoms with Gasteiger partial charge in [-0.2, -0.15) is 26.3 Å². The van der Waals surface area contributed by atoms with Crippen molar-refractivity contribution in [2.75, 3.05) is 6.54 Å². The fourth-order valence-corrected chi connectivity index (χ4v) is 1.21. The van der Waals surface area contributed by atoms with Crippen molar-refractivity contribution in [1.82, 2.24) is 5.32 Å². The minimum Gasteiger partial charge on any atom is -0.427 e. The molecule has 0 aliphatic rings. The third-order valence-electron chi connectivity index (χ3n) is 2.12. The smallest absolute Gasteiger partial charge is 0.427 e. The summed E-state index contributed by atoms with van der Waals surface area (Å²) < 4.78 is 75.6. The monoisotopic (exact) mass is 295 g/mol. The van der Waals surface area contributed by atoms with Gasteiger partial charge in [0, 0.05) is 6.54 Å². The molecule has 0 aromatic rings. The Bertz CT molecular complexity index is 262. The van der Waals surface area contributed by atoms with Crippen molar-refractivity contribution in [1.29, 1.82) is 0 Å². The number of rotatable bonds is 6. The summed E-state index contributed by atoms with van der Waals surface area (Å²) in [6.45, 7) is 1.90. The first-order valence-electron chi connectivity index (χ1n) is 5.67. The number of unbranched alkanes of at least 4 members (excludes halogenated alkanes) is 3. The van der Waals surface area contributed by atoms with Crippen molar-refractivity contribution in [3.8, 4) is 0 Å². The molecule has 1 N–H and O–H groups in total. The molecule has 0 heterocycles. The third-order valence-corrected chi connectivity index (χ3v) is 2.12. The molecule has 0 spiro atoms. The summed E-state index contributed by atoms with van der Waals surface area (Å²) in [4.78, 5) is 10.8. The molecule has 9 heteroatoms. The molecule has 0 aromatic carbocycles. The number of nitrogens with one attached hydrogen (secondary N) is 1. The van der Waals surface area contributed by atoms with Gasteiger partial charge in [-0.1, -0.05) is 26.2 Å². The molecule has 0 radical (unpaired) electrons. The van der Waals surface area contributed by atoms with Gasteiger partial charge in [-0.15, -0.1) is 0 Å². The lowest BCUT2D eigenvalue weighted by Gasteiger charge is -2.22. The zero-order chi connectivity index (χ0) is 15.1. The van der Waals surface area contributed by atoms with E-state index in [9.17, 15) is 31.1 Å². The van der Waals surface area contributed by atoms with E-state index in [1.54, 1.807) is 0 Å². The first kappa shape index (κ1) is 17.8. The molecule has 0 aromatic heterocycles. The molecule has 114 valence electrons. The van der Waals surface area contributed by atoms with Gasteiger partial charge in [0.25, 0.3) is 6.10 Å². The number of hydrogen-bond donors (Lipinski definition) is 1. The van der Waals surface area contributed by atoms with Crippen LogP contribution < -0.4 is 5.32 Å². The highest BCUT2D eigenvalue weighted by Gasteiger charge is 2.59. The van der Waals surface area contributed by atoms with Crippen molar-refractivity contribution in [3.63, 3.8) is 0 Å².